The first-order valence-corrected chi connectivity index (χ1v) is 5.29. The van der Waals surface area contributed by atoms with Crippen LogP contribution in [0, 0.1) is 0 Å². The molecule has 86 valence electrons. The van der Waals surface area contributed by atoms with Crippen LogP contribution in [0.4, 0.5) is 0 Å². The fourth-order valence-corrected chi connectivity index (χ4v) is 1.41. The van der Waals surface area contributed by atoms with Crippen LogP contribution >= 0.6 is 11.6 Å². The number of hydrogen-bond donors (Lipinski definition) is 0. The summed E-state index contributed by atoms with van der Waals surface area (Å²) in [5.41, 5.74) is 1.59. The number of aromatic nitrogens is 2. The Kier molecular flexibility index (Phi) is 3.35. The lowest BCUT2D eigenvalue weighted by Gasteiger charge is -2.02. The predicted octanol–water partition coefficient (Wildman–Crippen LogP) is 2.72. The maximum absolute atomic E-state index is 10.7. The molecule has 17 heavy (non-hydrogen) atoms. The molecular formula is C12H9ClN2O2. The van der Waals surface area contributed by atoms with Gasteiger partial charge in [-0.15, -0.1) is 0 Å². The molecule has 2 aromatic rings. The molecule has 1 aromatic carbocycles. The third-order valence-electron chi connectivity index (χ3n) is 2.02. The van der Waals surface area contributed by atoms with Crippen LogP contribution in [-0.2, 0) is 4.79 Å². The highest BCUT2D eigenvalue weighted by atomic mass is 35.5. The molecule has 0 atom stereocenters. The van der Waals surface area contributed by atoms with E-state index in [2.05, 4.69) is 9.97 Å². The van der Waals surface area contributed by atoms with Crippen LogP contribution in [0.1, 0.15) is 6.92 Å². The van der Waals surface area contributed by atoms with Gasteiger partial charge in [-0.3, -0.25) is 4.79 Å². The first-order chi connectivity index (χ1) is 8.15. The highest BCUT2D eigenvalue weighted by molar-refractivity contribution is 6.30. The lowest BCUT2D eigenvalue weighted by Crippen LogP contribution is -2.03. The number of esters is 1. The molecule has 0 unspecified atom stereocenters. The van der Waals surface area contributed by atoms with Crippen molar-refractivity contribution in [2.75, 3.05) is 0 Å². The molecule has 5 heteroatoms. The summed E-state index contributed by atoms with van der Waals surface area (Å²) in [7, 11) is 0. The van der Waals surface area contributed by atoms with E-state index < -0.39 is 5.97 Å². The molecule has 0 spiro atoms. The highest BCUT2D eigenvalue weighted by Gasteiger charge is 2.03. The van der Waals surface area contributed by atoms with Crippen LogP contribution in [0.2, 0.25) is 5.02 Å². The van der Waals surface area contributed by atoms with Gasteiger partial charge in [-0.25, -0.2) is 9.97 Å². The highest BCUT2D eigenvalue weighted by Crippen LogP contribution is 2.19. The first-order valence-electron chi connectivity index (χ1n) is 4.91. The van der Waals surface area contributed by atoms with Gasteiger partial charge in [0.1, 0.15) is 0 Å². The van der Waals surface area contributed by atoms with Crippen molar-refractivity contribution in [3.8, 4) is 17.1 Å². The van der Waals surface area contributed by atoms with Gasteiger partial charge in [-0.2, -0.15) is 0 Å². The van der Waals surface area contributed by atoms with E-state index in [0.717, 1.165) is 5.56 Å². The number of rotatable bonds is 2. The zero-order chi connectivity index (χ0) is 12.3. The van der Waals surface area contributed by atoms with Gasteiger partial charge in [-0.05, 0) is 12.1 Å². The molecule has 0 bridgehead atoms. The second kappa shape index (κ2) is 4.93. The van der Waals surface area contributed by atoms with Gasteiger partial charge < -0.3 is 4.74 Å². The lowest BCUT2D eigenvalue weighted by atomic mass is 10.2. The second-order valence-corrected chi connectivity index (χ2v) is 3.78. The molecule has 0 radical (unpaired) electrons. The van der Waals surface area contributed by atoms with E-state index in [4.69, 9.17) is 16.3 Å². The van der Waals surface area contributed by atoms with Crippen LogP contribution in [0.5, 0.6) is 5.88 Å². The average molecular weight is 249 g/mol. The van der Waals surface area contributed by atoms with Gasteiger partial charge in [-0.1, -0.05) is 23.7 Å². The monoisotopic (exact) mass is 248 g/mol. The minimum absolute atomic E-state index is 0.190. The van der Waals surface area contributed by atoms with E-state index >= 15 is 0 Å². The minimum Gasteiger partial charge on any atom is -0.406 e. The molecule has 0 saturated heterocycles. The molecule has 0 aliphatic rings. The van der Waals surface area contributed by atoms with E-state index in [1.54, 1.807) is 18.3 Å². The Bertz CT molecular complexity index is 523. The molecule has 0 N–H and O–H groups in total. The SMILES string of the molecule is CC(=O)Oc1cnc(-c2ccc(Cl)cc2)cn1. The van der Waals surface area contributed by atoms with Gasteiger partial charge in [0, 0.05) is 17.5 Å². The summed E-state index contributed by atoms with van der Waals surface area (Å²) >= 11 is 5.79. The first kappa shape index (κ1) is 11.5. The maximum atomic E-state index is 10.7. The molecule has 1 aromatic heterocycles. The molecule has 2 rings (SSSR count). The summed E-state index contributed by atoms with van der Waals surface area (Å²) < 4.78 is 4.79. The van der Waals surface area contributed by atoms with Crippen LogP contribution in [0.25, 0.3) is 11.3 Å². The van der Waals surface area contributed by atoms with E-state index in [1.165, 1.54) is 13.1 Å². The van der Waals surface area contributed by atoms with Crippen molar-refractivity contribution in [2.24, 2.45) is 0 Å². The number of carbonyl (C=O) groups excluding carboxylic acids is 1. The smallest absolute Gasteiger partial charge is 0.309 e. The van der Waals surface area contributed by atoms with E-state index in [0.29, 0.717) is 10.7 Å². The largest absolute Gasteiger partial charge is 0.406 e. The van der Waals surface area contributed by atoms with Crippen molar-refractivity contribution in [2.45, 2.75) is 6.92 Å². The van der Waals surface area contributed by atoms with Gasteiger partial charge in [0.05, 0.1) is 18.1 Å². The number of carbonyl (C=O) groups is 1. The summed E-state index contributed by atoms with van der Waals surface area (Å²) in [5, 5.41) is 0.665. The lowest BCUT2D eigenvalue weighted by molar-refractivity contribution is -0.132. The van der Waals surface area contributed by atoms with Gasteiger partial charge in [0.2, 0.25) is 5.88 Å². The predicted molar refractivity (Wildman–Crippen MR) is 63.8 cm³/mol. The molecule has 0 aliphatic heterocycles. The zero-order valence-corrected chi connectivity index (χ0v) is 9.81. The van der Waals surface area contributed by atoms with Crippen molar-refractivity contribution in [3.05, 3.63) is 41.7 Å². The average Bonchev–Trinajstić information content (AvgIpc) is 2.30. The third-order valence-corrected chi connectivity index (χ3v) is 2.27. The topological polar surface area (TPSA) is 52.1 Å². The summed E-state index contributed by atoms with van der Waals surface area (Å²) in [6.45, 7) is 1.31. The zero-order valence-electron chi connectivity index (χ0n) is 9.05. The fraction of sp³-hybridized carbons (Fsp3) is 0.0833. The summed E-state index contributed by atoms with van der Waals surface area (Å²) in [6.07, 6.45) is 2.95. The summed E-state index contributed by atoms with van der Waals surface area (Å²) in [6, 6.07) is 7.24. The normalized spacial score (nSPS) is 10.0. The molecule has 0 amide bonds. The Morgan fingerprint density at radius 3 is 2.41 bits per heavy atom. The molecule has 0 fully saturated rings. The van der Waals surface area contributed by atoms with Crippen LogP contribution < -0.4 is 4.74 Å². The van der Waals surface area contributed by atoms with Crippen molar-refractivity contribution in [1.29, 1.82) is 0 Å². The Morgan fingerprint density at radius 2 is 1.88 bits per heavy atom. The Hall–Kier alpha value is -1.94. The standard InChI is InChI=1S/C12H9ClN2O2/c1-8(16)17-12-7-14-11(6-15-12)9-2-4-10(13)5-3-9/h2-7H,1H3. The Labute approximate surface area is 103 Å². The number of ether oxygens (including phenoxy) is 1. The van der Waals surface area contributed by atoms with Gasteiger partial charge in [0.15, 0.2) is 0 Å². The third kappa shape index (κ3) is 3.01. The molecule has 0 aliphatic carbocycles. The Morgan fingerprint density at radius 1 is 1.18 bits per heavy atom. The van der Waals surface area contributed by atoms with Crippen molar-refractivity contribution in [3.63, 3.8) is 0 Å². The van der Waals surface area contributed by atoms with E-state index in [9.17, 15) is 4.79 Å². The fourth-order valence-electron chi connectivity index (χ4n) is 1.29. The van der Waals surface area contributed by atoms with E-state index in [1.807, 2.05) is 12.1 Å². The molecule has 1 heterocycles. The van der Waals surface area contributed by atoms with Crippen molar-refractivity contribution in [1.82, 2.24) is 9.97 Å². The van der Waals surface area contributed by atoms with Gasteiger partial charge in [0.25, 0.3) is 0 Å². The second-order valence-electron chi connectivity index (χ2n) is 3.34. The number of hydrogen-bond acceptors (Lipinski definition) is 4. The van der Waals surface area contributed by atoms with Crippen LogP contribution in [-0.4, -0.2) is 15.9 Å². The van der Waals surface area contributed by atoms with E-state index in [-0.39, 0.29) is 5.88 Å². The van der Waals surface area contributed by atoms with Crippen molar-refractivity contribution >= 4 is 17.6 Å². The van der Waals surface area contributed by atoms with Gasteiger partial charge >= 0.3 is 5.97 Å². The van der Waals surface area contributed by atoms with Crippen LogP contribution in [0.15, 0.2) is 36.7 Å². The minimum atomic E-state index is -0.418. The quantitative estimate of drug-likeness (QED) is 0.767. The van der Waals surface area contributed by atoms with Crippen LogP contribution in [0.3, 0.4) is 0 Å². The molecule has 0 saturated carbocycles. The summed E-state index contributed by atoms with van der Waals surface area (Å²) in [4.78, 5) is 18.8. The number of nitrogens with zero attached hydrogens (tertiary/aromatic N) is 2. The summed E-state index contributed by atoms with van der Waals surface area (Å²) in [5.74, 6) is -0.228. The van der Waals surface area contributed by atoms with Crippen molar-refractivity contribution < 1.29 is 9.53 Å². The number of benzene rings is 1. The molecular weight excluding hydrogens is 240 g/mol. The molecule has 4 nitrogen and oxygen atoms in total. The Balaban J connectivity index is 2.23. The maximum Gasteiger partial charge on any atom is 0.309 e. The number of halogens is 1.